The van der Waals surface area contributed by atoms with Crippen LogP contribution in [0, 0.1) is 0 Å². The number of nitrogens with one attached hydrogen (secondary N) is 2. The Hall–Kier alpha value is -2.47. The van der Waals surface area contributed by atoms with E-state index in [-0.39, 0.29) is 17.2 Å². The van der Waals surface area contributed by atoms with Crippen LogP contribution in [0.4, 0.5) is 5.69 Å². The molecule has 0 bridgehead atoms. The number of piperidine rings is 1. The molecular weight excluding hydrogens is 292 g/mol. The number of aromatic amines is 1. The standard InChI is InChI=1S/C17H20N4O2/c22-16-9-8-15(19-20-16)17(23)18-14-6-4-13(5-7-14)12-21-10-2-1-3-11-21/h4-9H,1-3,10-12H2,(H,18,23)(H,20,22). The first-order chi connectivity index (χ1) is 11.2. The number of rotatable bonds is 4. The Bertz CT molecular complexity index is 698. The van der Waals surface area contributed by atoms with E-state index < -0.39 is 0 Å². The third kappa shape index (κ3) is 4.26. The topological polar surface area (TPSA) is 78.1 Å². The summed E-state index contributed by atoms with van der Waals surface area (Å²) in [5.74, 6) is -0.343. The lowest BCUT2D eigenvalue weighted by atomic mass is 10.1. The van der Waals surface area contributed by atoms with Gasteiger partial charge in [0.1, 0.15) is 5.69 Å². The predicted octanol–water partition coefficient (Wildman–Crippen LogP) is 2.01. The second kappa shape index (κ2) is 7.19. The first kappa shape index (κ1) is 15.4. The van der Waals surface area contributed by atoms with Gasteiger partial charge in [0, 0.05) is 18.3 Å². The van der Waals surface area contributed by atoms with Gasteiger partial charge in [-0.3, -0.25) is 14.5 Å². The highest BCUT2D eigenvalue weighted by atomic mass is 16.2. The van der Waals surface area contributed by atoms with Crippen LogP contribution in [0.3, 0.4) is 0 Å². The van der Waals surface area contributed by atoms with Crippen molar-refractivity contribution >= 4 is 11.6 Å². The van der Waals surface area contributed by atoms with E-state index in [1.807, 2.05) is 24.3 Å². The lowest BCUT2D eigenvalue weighted by molar-refractivity contribution is 0.102. The molecule has 1 aliphatic heterocycles. The van der Waals surface area contributed by atoms with Crippen molar-refractivity contribution in [1.29, 1.82) is 0 Å². The quantitative estimate of drug-likeness (QED) is 0.905. The first-order valence-electron chi connectivity index (χ1n) is 7.89. The zero-order valence-corrected chi connectivity index (χ0v) is 12.9. The molecule has 0 spiro atoms. The lowest BCUT2D eigenvalue weighted by Crippen LogP contribution is -2.29. The van der Waals surface area contributed by atoms with E-state index in [0.29, 0.717) is 5.69 Å². The number of anilines is 1. The summed E-state index contributed by atoms with van der Waals surface area (Å²) >= 11 is 0. The Balaban J connectivity index is 1.59. The fourth-order valence-electron chi connectivity index (χ4n) is 2.74. The molecule has 6 nitrogen and oxygen atoms in total. The molecule has 1 saturated heterocycles. The van der Waals surface area contributed by atoms with Crippen LogP contribution in [-0.4, -0.2) is 34.1 Å². The molecule has 0 unspecified atom stereocenters. The van der Waals surface area contributed by atoms with Gasteiger partial charge in [-0.25, -0.2) is 5.10 Å². The summed E-state index contributed by atoms with van der Waals surface area (Å²) in [5.41, 5.74) is 1.81. The lowest BCUT2D eigenvalue weighted by Gasteiger charge is -2.26. The van der Waals surface area contributed by atoms with Crippen molar-refractivity contribution in [2.75, 3.05) is 18.4 Å². The maximum Gasteiger partial charge on any atom is 0.276 e. The van der Waals surface area contributed by atoms with Crippen LogP contribution in [0.5, 0.6) is 0 Å². The summed E-state index contributed by atoms with van der Waals surface area (Å²) in [6, 6.07) is 10.5. The molecule has 120 valence electrons. The van der Waals surface area contributed by atoms with Gasteiger partial charge in [0.05, 0.1) is 0 Å². The fourth-order valence-corrected chi connectivity index (χ4v) is 2.74. The molecule has 23 heavy (non-hydrogen) atoms. The van der Waals surface area contributed by atoms with Crippen molar-refractivity contribution < 1.29 is 4.79 Å². The maximum atomic E-state index is 12.0. The molecule has 0 atom stereocenters. The van der Waals surface area contributed by atoms with Crippen LogP contribution in [-0.2, 0) is 6.54 Å². The van der Waals surface area contributed by atoms with E-state index in [1.54, 1.807) is 0 Å². The highest BCUT2D eigenvalue weighted by Crippen LogP contribution is 2.15. The highest BCUT2D eigenvalue weighted by molar-refractivity contribution is 6.02. The smallest absolute Gasteiger partial charge is 0.276 e. The van der Waals surface area contributed by atoms with Gasteiger partial charge in [0.2, 0.25) is 0 Å². The number of hydrogen-bond acceptors (Lipinski definition) is 4. The van der Waals surface area contributed by atoms with Gasteiger partial charge in [-0.15, -0.1) is 0 Å². The molecule has 0 aliphatic carbocycles. The molecule has 1 fully saturated rings. The second-order valence-corrected chi connectivity index (χ2v) is 5.79. The third-order valence-corrected chi connectivity index (χ3v) is 3.98. The molecule has 6 heteroatoms. The summed E-state index contributed by atoms with van der Waals surface area (Å²) in [4.78, 5) is 25.4. The van der Waals surface area contributed by atoms with Crippen LogP contribution >= 0.6 is 0 Å². The molecule has 1 amide bonds. The predicted molar refractivity (Wildman–Crippen MR) is 88.4 cm³/mol. The number of hydrogen-bond donors (Lipinski definition) is 2. The Kier molecular flexibility index (Phi) is 4.83. The van der Waals surface area contributed by atoms with E-state index >= 15 is 0 Å². The van der Waals surface area contributed by atoms with Crippen LogP contribution < -0.4 is 10.9 Å². The fraction of sp³-hybridized carbons (Fsp3) is 0.353. The zero-order valence-electron chi connectivity index (χ0n) is 12.9. The van der Waals surface area contributed by atoms with Crippen molar-refractivity contribution in [1.82, 2.24) is 15.1 Å². The number of carbonyl (C=O) groups excluding carboxylic acids is 1. The minimum atomic E-state index is -0.343. The van der Waals surface area contributed by atoms with Gasteiger partial charge in [-0.2, -0.15) is 5.10 Å². The second-order valence-electron chi connectivity index (χ2n) is 5.79. The van der Waals surface area contributed by atoms with E-state index in [1.165, 1.54) is 37.0 Å². The molecule has 2 heterocycles. The summed E-state index contributed by atoms with van der Waals surface area (Å²) in [5, 5.41) is 8.73. The van der Waals surface area contributed by atoms with Gasteiger partial charge in [-0.1, -0.05) is 18.6 Å². The highest BCUT2D eigenvalue weighted by Gasteiger charge is 2.11. The minimum absolute atomic E-state index is 0.182. The summed E-state index contributed by atoms with van der Waals surface area (Å²) < 4.78 is 0. The number of H-pyrrole nitrogens is 1. The SMILES string of the molecule is O=C(Nc1ccc(CN2CCCCC2)cc1)c1ccc(=O)[nH]n1. The largest absolute Gasteiger partial charge is 0.321 e. The molecular formula is C17H20N4O2. The van der Waals surface area contributed by atoms with Crippen molar-refractivity contribution in [2.45, 2.75) is 25.8 Å². The third-order valence-electron chi connectivity index (χ3n) is 3.98. The van der Waals surface area contributed by atoms with Crippen LogP contribution in [0.15, 0.2) is 41.2 Å². The average Bonchev–Trinajstić information content (AvgIpc) is 2.58. The summed E-state index contributed by atoms with van der Waals surface area (Å²) in [6.07, 6.45) is 3.89. The van der Waals surface area contributed by atoms with Gasteiger partial charge in [0.25, 0.3) is 11.5 Å². The molecule has 3 rings (SSSR count). The van der Waals surface area contributed by atoms with E-state index in [2.05, 4.69) is 20.4 Å². The Morgan fingerprint density at radius 1 is 1.09 bits per heavy atom. The molecule has 1 aliphatic rings. The molecule has 0 saturated carbocycles. The molecule has 1 aromatic heterocycles. The monoisotopic (exact) mass is 312 g/mol. The van der Waals surface area contributed by atoms with Crippen molar-refractivity contribution in [3.63, 3.8) is 0 Å². The average molecular weight is 312 g/mol. The normalized spacial score (nSPS) is 15.3. The van der Waals surface area contributed by atoms with Crippen molar-refractivity contribution in [3.05, 3.63) is 58.0 Å². The molecule has 2 aromatic rings. The van der Waals surface area contributed by atoms with Gasteiger partial charge >= 0.3 is 0 Å². The molecule has 1 aromatic carbocycles. The Morgan fingerprint density at radius 3 is 2.48 bits per heavy atom. The molecule has 0 radical (unpaired) electrons. The van der Waals surface area contributed by atoms with Gasteiger partial charge < -0.3 is 5.32 Å². The number of benzene rings is 1. The Labute approximate surface area is 134 Å². The maximum absolute atomic E-state index is 12.0. The van der Waals surface area contributed by atoms with Crippen LogP contribution in [0.25, 0.3) is 0 Å². The first-order valence-corrected chi connectivity index (χ1v) is 7.89. The van der Waals surface area contributed by atoms with Crippen molar-refractivity contribution in [3.8, 4) is 0 Å². The van der Waals surface area contributed by atoms with Gasteiger partial charge in [0.15, 0.2) is 0 Å². The van der Waals surface area contributed by atoms with E-state index in [0.717, 1.165) is 19.6 Å². The summed E-state index contributed by atoms with van der Waals surface area (Å²) in [7, 11) is 0. The number of aromatic nitrogens is 2. The minimum Gasteiger partial charge on any atom is -0.321 e. The van der Waals surface area contributed by atoms with Gasteiger partial charge in [-0.05, 0) is 49.7 Å². The van der Waals surface area contributed by atoms with Crippen LogP contribution in [0.1, 0.15) is 35.3 Å². The molecule has 2 N–H and O–H groups in total. The van der Waals surface area contributed by atoms with Crippen molar-refractivity contribution in [2.24, 2.45) is 0 Å². The van der Waals surface area contributed by atoms with Crippen LogP contribution in [0.2, 0.25) is 0 Å². The zero-order chi connectivity index (χ0) is 16.1. The van der Waals surface area contributed by atoms with E-state index in [9.17, 15) is 9.59 Å². The number of amides is 1. The number of carbonyl (C=O) groups is 1. The summed E-state index contributed by atoms with van der Waals surface area (Å²) in [6.45, 7) is 3.28. The van der Waals surface area contributed by atoms with E-state index in [4.69, 9.17) is 0 Å². The number of likely N-dealkylation sites (tertiary alicyclic amines) is 1. The number of nitrogens with zero attached hydrogens (tertiary/aromatic N) is 2. The Morgan fingerprint density at radius 2 is 1.83 bits per heavy atom.